The minimum absolute atomic E-state index is 0.143. The lowest BCUT2D eigenvalue weighted by Crippen LogP contribution is -2.18. The van der Waals surface area contributed by atoms with E-state index < -0.39 is 0 Å². The lowest BCUT2D eigenvalue weighted by Gasteiger charge is -2.25. The average Bonchev–Trinajstić information content (AvgIpc) is 3.41. The summed E-state index contributed by atoms with van der Waals surface area (Å²) in [4.78, 5) is 13.2. The van der Waals surface area contributed by atoms with Crippen molar-refractivity contribution < 1.29 is 9.53 Å². The second kappa shape index (κ2) is 11.3. The molecular formula is C27H37N5O2S. The standard InChI is InChI=1S/C27H37N5O2S/c1-18(2)31-19(3)14-24(20(31)4)25(33)17-35-27-30-29-26(32(27)22-11-7-6-8-12-22)16-28-21-10-9-13-23(15-21)34-5/h9-10,13-15,18,22,28H,6-8,11-12,16-17H2,1-5H3. The molecule has 188 valence electrons. The van der Waals surface area contributed by atoms with Gasteiger partial charge in [0.15, 0.2) is 16.8 Å². The fourth-order valence-corrected chi connectivity index (χ4v) is 6.12. The number of ketones is 1. The highest BCUT2D eigenvalue weighted by atomic mass is 32.2. The molecule has 1 saturated carbocycles. The first-order valence-electron chi connectivity index (χ1n) is 12.5. The number of hydrogen-bond donors (Lipinski definition) is 1. The van der Waals surface area contributed by atoms with E-state index in [-0.39, 0.29) is 5.78 Å². The molecule has 0 saturated heterocycles. The van der Waals surface area contributed by atoms with Gasteiger partial charge < -0.3 is 19.2 Å². The largest absolute Gasteiger partial charge is 0.497 e. The number of benzene rings is 1. The lowest BCUT2D eigenvalue weighted by atomic mass is 9.95. The van der Waals surface area contributed by atoms with Crippen molar-refractivity contribution in [3.63, 3.8) is 0 Å². The molecule has 1 aliphatic carbocycles. The predicted molar refractivity (Wildman–Crippen MR) is 142 cm³/mol. The molecule has 1 aliphatic rings. The molecule has 1 N–H and O–H groups in total. The Morgan fingerprint density at radius 3 is 2.63 bits per heavy atom. The van der Waals surface area contributed by atoms with Gasteiger partial charge in [0.05, 0.1) is 19.4 Å². The van der Waals surface area contributed by atoms with E-state index in [2.05, 4.69) is 45.4 Å². The van der Waals surface area contributed by atoms with Crippen LogP contribution in [-0.2, 0) is 6.54 Å². The number of rotatable bonds is 10. The van der Waals surface area contributed by atoms with E-state index in [1.165, 1.54) is 31.0 Å². The molecule has 2 heterocycles. The van der Waals surface area contributed by atoms with Crippen LogP contribution in [0.4, 0.5) is 5.69 Å². The quantitative estimate of drug-likeness (QED) is 0.260. The number of hydrogen-bond acceptors (Lipinski definition) is 6. The van der Waals surface area contributed by atoms with Gasteiger partial charge >= 0.3 is 0 Å². The van der Waals surface area contributed by atoms with Gasteiger partial charge in [0.1, 0.15) is 5.75 Å². The summed E-state index contributed by atoms with van der Waals surface area (Å²) < 4.78 is 9.85. The third-order valence-corrected chi connectivity index (χ3v) is 7.77. The number of carbonyl (C=O) groups is 1. The molecule has 0 atom stereocenters. The number of ether oxygens (including phenoxy) is 1. The Labute approximate surface area is 212 Å². The Morgan fingerprint density at radius 1 is 1.17 bits per heavy atom. The Kier molecular flexibility index (Phi) is 8.21. The van der Waals surface area contributed by atoms with Crippen molar-refractivity contribution in [2.45, 2.75) is 83.6 Å². The van der Waals surface area contributed by atoms with Crippen molar-refractivity contribution in [2.24, 2.45) is 0 Å². The van der Waals surface area contributed by atoms with Gasteiger partial charge in [-0.1, -0.05) is 37.1 Å². The van der Waals surface area contributed by atoms with Crippen LogP contribution < -0.4 is 10.1 Å². The van der Waals surface area contributed by atoms with Crippen LogP contribution >= 0.6 is 11.8 Å². The van der Waals surface area contributed by atoms with Crippen LogP contribution in [0.15, 0.2) is 35.5 Å². The van der Waals surface area contributed by atoms with Crippen LogP contribution in [-0.4, -0.2) is 38.0 Å². The average molecular weight is 496 g/mol. The molecule has 0 aliphatic heterocycles. The zero-order chi connectivity index (χ0) is 24.9. The number of nitrogens with one attached hydrogen (secondary N) is 1. The van der Waals surface area contributed by atoms with E-state index in [9.17, 15) is 4.79 Å². The highest BCUT2D eigenvalue weighted by Crippen LogP contribution is 2.33. The third-order valence-electron chi connectivity index (χ3n) is 6.83. The summed E-state index contributed by atoms with van der Waals surface area (Å²) in [6.45, 7) is 8.98. The van der Waals surface area contributed by atoms with Crippen LogP contribution in [0.5, 0.6) is 5.75 Å². The molecule has 0 unspecified atom stereocenters. The smallest absolute Gasteiger partial charge is 0.191 e. The molecule has 0 radical (unpaired) electrons. The molecule has 0 bridgehead atoms. The Balaban J connectivity index is 1.51. The van der Waals surface area contributed by atoms with Gasteiger partial charge in [0, 0.05) is 40.8 Å². The summed E-state index contributed by atoms with van der Waals surface area (Å²) in [5.41, 5.74) is 3.96. The van der Waals surface area contributed by atoms with Crippen LogP contribution in [0.2, 0.25) is 0 Å². The monoisotopic (exact) mass is 495 g/mol. The number of carbonyl (C=O) groups excluding carboxylic acids is 1. The van der Waals surface area contributed by atoms with Crippen molar-refractivity contribution >= 4 is 23.2 Å². The number of thioether (sulfide) groups is 1. The SMILES string of the molecule is COc1cccc(NCc2nnc(SCC(=O)c3cc(C)n(C(C)C)c3C)n2C2CCCCC2)c1. The molecule has 2 aromatic heterocycles. The first-order chi connectivity index (χ1) is 16.9. The minimum Gasteiger partial charge on any atom is -0.497 e. The molecule has 35 heavy (non-hydrogen) atoms. The molecule has 4 rings (SSSR count). The molecule has 0 spiro atoms. The van der Waals surface area contributed by atoms with E-state index in [1.807, 2.05) is 37.3 Å². The van der Waals surface area contributed by atoms with Gasteiger partial charge in [-0.3, -0.25) is 4.79 Å². The predicted octanol–water partition coefficient (Wildman–Crippen LogP) is 6.38. The van der Waals surface area contributed by atoms with Crippen LogP contribution in [0.25, 0.3) is 0 Å². The van der Waals surface area contributed by atoms with Gasteiger partial charge in [0.25, 0.3) is 0 Å². The number of nitrogens with zero attached hydrogens (tertiary/aromatic N) is 4. The zero-order valence-electron chi connectivity index (χ0n) is 21.5. The van der Waals surface area contributed by atoms with Crippen molar-refractivity contribution in [3.8, 4) is 5.75 Å². The number of anilines is 1. The Bertz CT molecular complexity index is 1160. The molecular weight excluding hydrogens is 458 g/mol. The fourth-order valence-electron chi connectivity index (χ4n) is 5.21. The Hall–Kier alpha value is -2.74. The lowest BCUT2D eigenvalue weighted by molar-refractivity contribution is 0.102. The van der Waals surface area contributed by atoms with Crippen LogP contribution in [0.3, 0.4) is 0 Å². The van der Waals surface area contributed by atoms with Crippen LogP contribution in [0, 0.1) is 13.8 Å². The maximum Gasteiger partial charge on any atom is 0.191 e. The number of methoxy groups -OCH3 is 1. The molecule has 3 aromatic rings. The zero-order valence-corrected chi connectivity index (χ0v) is 22.3. The van der Waals surface area contributed by atoms with E-state index in [0.717, 1.165) is 52.2 Å². The molecule has 7 nitrogen and oxygen atoms in total. The van der Waals surface area contributed by atoms with Crippen molar-refractivity contribution in [1.29, 1.82) is 0 Å². The maximum atomic E-state index is 13.2. The maximum absolute atomic E-state index is 13.2. The highest BCUT2D eigenvalue weighted by Gasteiger charge is 2.24. The number of Topliss-reactive ketones (excluding diaryl/α,β-unsaturated/α-hetero) is 1. The molecule has 8 heteroatoms. The van der Waals surface area contributed by atoms with Gasteiger partial charge in [-0.25, -0.2) is 0 Å². The summed E-state index contributed by atoms with van der Waals surface area (Å²) in [7, 11) is 1.67. The van der Waals surface area contributed by atoms with Gasteiger partial charge in [-0.15, -0.1) is 10.2 Å². The van der Waals surface area contributed by atoms with Gasteiger partial charge in [-0.2, -0.15) is 0 Å². The number of aryl methyl sites for hydroxylation is 1. The summed E-state index contributed by atoms with van der Waals surface area (Å²) in [6.07, 6.45) is 5.97. The van der Waals surface area contributed by atoms with Gasteiger partial charge in [0.2, 0.25) is 0 Å². The first-order valence-corrected chi connectivity index (χ1v) is 13.5. The van der Waals surface area contributed by atoms with Crippen molar-refractivity contribution in [1.82, 2.24) is 19.3 Å². The van der Waals surface area contributed by atoms with E-state index in [4.69, 9.17) is 4.74 Å². The van der Waals surface area contributed by atoms with Crippen LogP contribution in [0.1, 0.15) is 85.6 Å². The van der Waals surface area contributed by atoms with Crippen molar-refractivity contribution in [2.75, 3.05) is 18.2 Å². The normalized spacial score (nSPS) is 14.5. The fraction of sp³-hybridized carbons (Fsp3) is 0.519. The highest BCUT2D eigenvalue weighted by molar-refractivity contribution is 7.99. The summed E-state index contributed by atoms with van der Waals surface area (Å²) >= 11 is 1.51. The summed E-state index contributed by atoms with van der Waals surface area (Å²) in [5, 5.41) is 13.4. The first kappa shape index (κ1) is 25.4. The molecule has 1 fully saturated rings. The topological polar surface area (TPSA) is 74.0 Å². The third kappa shape index (κ3) is 5.74. The second-order valence-corrected chi connectivity index (χ2v) is 10.5. The molecule has 1 aromatic carbocycles. The van der Waals surface area contributed by atoms with Gasteiger partial charge in [-0.05, 0) is 58.7 Å². The van der Waals surface area contributed by atoms with E-state index in [1.54, 1.807) is 7.11 Å². The summed E-state index contributed by atoms with van der Waals surface area (Å²) in [5.74, 6) is 2.23. The summed E-state index contributed by atoms with van der Waals surface area (Å²) in [6, 6.07) is 10.6. The second-order valence-electron chi connectivity index (χ2n) is 9.61. The van der Waals surface area contributed by atoms with E-state index in [0.29, 0.717) is 24.4 Å². The number of aromatic nitrogens is 4. The van der Waals surface area contributed by atoms with Crippen molar-refractivity contribution in [3.05, 3.63) is 53.1 Å². The van der Waals surface area contributed by atoms with E-state index >= 15 is 0 Å². The minimum atomic E-state index is 0.143. The molecule has 0 amide bonds. The Morgan fingerprint density at radius 2 is 1.94 bits per heavy atom.